The summed E-state index contributed by atoms with van der Waals surface area (Å²) in [5.74, 6) is -2.24. The highest BCUT2D eigenvalue weighted by Gasteiger charge is 2.25. The normalized spacial score (nSPS) is 12.9. The van der Waals surface area contributed by atoms with E-state index >= 15 is 0 Å². The number of amides is 3. The average Bonchev–Trinajstić information content (AvgIpc) is 2.68. The van der Waals surface area contributed by atoms with Gasteiger partial charge in [0.05, 0.1) is 0 Å². The number of hydrogen-bond donors (Lipinski definition) is 3. The van der Waals surface area contributed by atoms with Crippen molar-refractivity contribution in [2.45, 2.75) is 31.8 Å². The van der Waals surface area contributed by atoms with Gasteiger partial charge in [-0.15, -0.1) is 0 Å². The summed E-state index contributed by atoms with van der Waals surface area (Å²) in [5, 5.41) is 5.04. The van der Waals surface area contributed by atoms with Gasteiger partial charge < -0.3 is 16.4 Å². The molecule has 0 fully saturated rings. The second-order valence-corrected chi connectivity index (χ2v) is 6.56. The van der Waals surface area contributed by atoms with Crippen LogP contribution in [0.1, 0.15) is 24.5 Å². The van der Waals surface area contributed by atoms with Gasteiger partial charge in [0.15, 0.2) is 0 Å². The van der Waals surface area contributed by atoms with Gasteiger partial charge in [-0.05, 0) is 23.6 Å². The lowest BCUT2D eigenvalue weighted by Gasteiger charge is -2.21. The number of carbonyl (C=O) groups is 3. The third-order valence-corrected chi connectivity index (χ3v) is 4.22. The standard InChI is InChI=1S/C22H24FN3O3/c1-15(27)25-20(14-17-11-5-6-12-18(17)23)22(29)26-19(21(24)28)13-7-10-16-8-3-2-4-9-16/h2-12,19-20H,13-14H2,1H3,(H2,24,28)(H,25,27)(H,26,29)/b10-7+/t19-,20-/m0/s1. The number of primary amides is 1. The molecule has 6 nitrogen and oxygen atoms in total. The quantitative estimate of drug-likeness (QED) is 0.603. The van der Waals surface area contributed by atoms with Crippen molar-refractivity contribution in [3.63, 3.8) is 0 Å². The second-order valence-electron chi connectivity index (χ2n) is 6.56. The van der Waals surface area contributed by atoms with Crippen molar-refractivity contribution in [2.75, 3.05) is 0 Å². The molecule has 0 heterocycles. The maximum atomic E-state index is 13.9. The first kappa shape index (κ1) is 21.8. The molecule has 0 aliphatic carbocycles. The van der Waals surface area contributed by atoms with Crippen molar-refractivity contribution >= 4 is 23.8 Å². The highest BCUT2D eigenvalue weighted by molar-refractivity contribution is 5.91. The highest BCUT2D eigenvalue weighted by atomic mass is 19.1. The Hall–Kier alpha value is -3.48. The predicted molar refractivity (Wildman–Crippen MR) is 109 cm³/mol. The first-order chi connectivity index (χ1) is 13.9. The van der Waals surface area contributed by atoms with Gasteiger partial charge in [-0.25, -0.2) is 4.39 Å². The monoisotopic (exact) mass is 397 g/mol. The first-order valence-corrected chi connectivity index (χ1v) is 9.18. The maximum Gasteiger partial charge on any atom is 0.243 e. The summed E-state index contributed by atoms with van der Waals surface area (Å²) in [6, 6.07) is 13.4. The van der Waals surface area contributed by atoms with E-state index in [0.29, 0.717) is 0 Å². The van der Waals surface area contributed by atoms with Crippen LogP contribution in [0, 0.1) is 5.82 Å². The third kappa shape index (κ3) is 7.21. The zero-order valence-corrected chi connectivity index (χ0v) is 16.1. The van der Waals surface area contributed by atoms with Crippen molar-refractivity contribution in [1.82, 2.24) is 10.6 Å². The smallest absolute Gasteiger partial charge is 0.243 e. The van der Waals surface area contributed by atoms with Crippen LogP contribution < -0.4 is 16.4 Å². The lowest BCUT2D eigenvalue weighted by molar-refractivity contribution is -0.130. The molecule has 0 unspecified atom stereocenters. The Morgan fingerprint density at radius 1 is 1.00 bits per heavy atom. The number of nitrogens with one attached hydrogen (secondary N) is 2. The lowest BCUT2D eigenvalue weighted by atomic mass is 10.0. The van der Waals surface area contributed by atoms with Crippen LogP contribution in [0.15, 0.2) is 60.7 Å². The minimum Gasteiger partial charge on any atom is -0.368 e. The molecule has 2 rings (SSSR count). The van der Waals surface area contributed by atoms with Crippen molar-refractivity contribution < 1.29 is 18.8 Å². The van der Waals surface area contributed by atoms with Crippen LogP contribution in [-0.2, 0) is 20.8 Å². The molecule has 2 aromatic carbocycles. The van der Waals surface area contributed by atoms with Gasteiger partial charge in [-0.1, -0.05) is 60.7 Å². The molecule has 0 spiro atoms. The van der Waals surface area contributed by atoms with E-state index in [0.717, 1.165) is 5.56 Å². The summed E-state index contributed by atoms with van der Waals surface area (Å²) in [5.41, 5.74) is 6.63. The average molecular weight is 397 g/mol. The molecule has 152 valence electrons. The fraction of sp³-hybridized carbons (Fsp3) is 0.227. The molecule has 7 heteroatoms. The van der Waals surface area contributed by atoms with Gasteiger partial charge in [0.25, 0.3) is 0 Å². The highest BCUT2D eigenvalue weighted by Crippen LogP contribution is 2.10. The summed E-state index contributed by atoms with van der Waals surface area (Å²) in [6.45, 7) is 1.26. The van der Waals surface area contributed by atoms with E-state index in [1.165, 1.54) is 25.1 Å². The topological polar surface area (TPSA) is 101 Å². The molecule has 2 atom stereocenters. The number of carbonyl (C=O) groups excluding carboxylic acids is 3. The number of rotatable bonds is 9. The Balaban J connectivity index is 2.07. The molecular weight excluding hydrogens is 373 g/mol. The van der Waals surface area contributed by atoms with E-state index < -0.39 is 35.6 Å². The molecule has 0 aliphatic heterocycles. The van der Waals surface area contributed by atoms with E-state index in [4.69, 9.17) is 5.73 Å². The van der Waals surface area contributed by atoms with Crippen molar-refractivity contribution in [3.05, 3.63) is 77.6 Å². The molecule has 4 N–H and O–H groups in total. The molecule has 0 saturated carbocycles. The Kier molecular flexibility index (Phi) is 8.09. The summed E-state index contributed by atoms with van der Waals surface area (Å²) in [4.78, 5) is 35.9. The summed E-state index contributed by atoms with van der Waals surface area (Å²) in [6.07, 6.45) is 3.67. The molecule has 0 bridgehead atoms. The number of hydrogen-bond acceptors (Lipinski definition) is 3. The molecule has 3 amide bonds. The predicted octanol–water partition coefficient (Wildman–Crippen LogP) is 1.95. The van der Waals surface area contributed by atoms with Gasteiger partial charge in [-0.3, -0.25) is 14.4 Å². The maximum absolute atomic E-state index is 13.9. The summed E-state index contributed by atoms with van der Waals surface area (Å²) >= 11 is 0. The van der Waals surface area contributed by atoms with E-state index in [1.807, 2.05) is 36.4 Å². The summed E-state index contributed by atoms with van der Waals surface area (Å²) in [7, 11) is 0. The molecular formula is C22H24FN3O3. The Bertz CT molecular complexity index is 884. The number of nitrogens with two attached hydrogens (primary N) is 1. The van der Waals surface area contributed by atoms with Crippen LogP contribution in [0.4, 0.5) is 4.39 Å². The van der Waals surface area contributed by atoms with Crippen LogP contribution in [0.25, 0.3) is 6.08 Å². The minimum absolute atomic E-state index is 0.0522. The number of benzene rings is 2. The van der Waals surface area contributed by atoms with Crippen LogP contribution in [0.5, 0.6) is 0 Å². The SMILES string of the molecule is CC(=O)N[C@@H](Cc1ccccc1F)C(=O)N[C@@H](C/C=C/c1ccccc1)C(N)=O. The van der Waals surface area contributed by atoms with E-state index in [1.54, 1.807) is 12.1 Å². The molecule has 0 radical (unpaired) electrons. The van der Waals surface area contributed by atoms with E-state index in [2.05, 4.69) is 10.6 Å². The van der Waals surface area contributed by atoms with Crippen LogP contribution in [0.3, 0.4) is 0 Å². The van der Waals surface area contributed by atoms with Crippen LogP contribution in [-0.4, -0.2) is 29.8 Å². The largest absolute Gasteiger partial charge is 0.368 e. The molecule has 0 aromatic heterocycles. The minimum atomic E-state index is -1.04. The Labute approximate surface area is 169 Å². The van der Waals surface area contributed by atoms with Gasteiger partial charge in [0.2, 0.25) is 17.7 Å². The van der Waals surface area contributed by atoms with Gasteiger partial charge in [0.1, 0.15) is 17.9 Å². The summed E-state index contributed by atoms with van der Waals surface area (Å²) < 4.78 is 13.9. The molecule has 2 aromatic rings. The molecule has 0 aliphatic rings. The molecule has 29 heavy (non-hydrogen) atoms. The zero-order chi connectivity index (χ0) is 21.2. The van der Waals surface area contributed by atoms with Gasteiger partial charge >= 0.3 is 0 Å². The lowest BCUT2D eigenvalue weighted by Crippen LogP contribution is -2.53. The Morgan fingerprint density at radius 2 is 1.66 bits per heavy atom. The van der Waals surface area contributed by atoms with Gasteiger partial charge in [0, 0.05) is 13.3 Å². The van der Waals surface area contributed by atoms with Crippen molar-refractivity contribution in [1.29, 1.82) is 0 Å². The third-order valence-electron chi connectivity index (χ3n) is 4.22. The van der Waals surface area contributed by atoms with Crippen LogP contribution >= 0.6 is 0 Å². The van der Waals surface area contributed by atoms with Crippen molar-refractivity contribution in [2.24, 2.45) is 5.73 Å². The number of halogens is 1. The van der Waals surface area contributed by atoms with Gasteiger partial charge in [-0.2, -0.15) is 0 Å². The fourth-order valence-corrected chi connectivity index (χ4v) is 2.76. The first-order valence-electron chi connectivity index (χ1n) is 9.18. The Morgan fingerprint density at radius 3 is 2.28 bits per heavy atom. The fourth-order valence-electron chi connectivity index (χ4n) is 2.76. The van der Waals surface area contributed by atoms with E-state index in [-0.39, 0.29) is 18.4 Å². The zero-order valence-electron chi connectivity index (χ0n) is 16.1. The molecule has 0 saturated heterocycles. The van der Waals surface area contributed by atoms with Crippen molar-refractivity contribution in [3.8, 4) is 0 Å². The van der Waals surface area contributed by atoms with Crippen LogP contribution in [0.2, 0.25) is 0 Å². The second kappa shape index (κ2) is 10.8. The van der Waals surface area contributed by atoms with E-state index in [9.17, 15) is 18.8 Å².